The summed E-state index contributed by atoms with van der Waals surface area (Å²) in [6.07, 6.45) is 37.2. The van der Waals surface area contributed by atoms with Crippen LogP contribution in [0.25, 0.3) is 12.2 Å². The van der Waals surface area contributed by atoms with Crippen LogP contribution in [-0.4, -0.2) is 36.7 Å². The van der Waals surface area contributed by atoms with Gasteiger partial charge in [-0.05, 0) is 121 Å². The fourth-order valence-electron chi connectivity index (χ4n) is 8.62. The normalized spacial score (nSPS) is 11.5. The summed E-state index contributed by atoms with van der Waals surface area (Å²) >= 11 is 0. The van der Waals surface area contributed by atoms with E-state index in [2.05, 4.69) is 27.7 Å². The molecule has 0 aliphatic heterocycles. The van der Waals surface area contributed by atoms with E-state index < -0.39 is 11.9 Å². The van der Waals surface area contributed by atoms with Crippen LogP contribution in [0.5, 0.6) is 23.0 Å². The molecule has 0 atom stereocenters. The first-order valence-corrected chi connectivity index (χ1v) is 28.1. The number of benzene rings is 4. The molecule has 0 radical (unpaired) electrons. The molecule has 0 heterocycles. The molecule has 0 fully saturated rings. The maximum Gasteiger partial charge on any atom is 0.336 e. The van der Waals surface area contributed by atoms with E-state index in [0.717, 1.165) is 47.3 Å². The van der Waals surface area contributed by atoms with Gasteiger partial charge in [-0.25, -0.2) is 9.59 Å². The van der Waals surface area contributed by atoms with E-state index in [9.17, 15) is 19.2 Å². The highest BCUT2D eigenvalue weighted by atomic mass is 16.5. The van der Waals surface area contributed by atoms with Crippen LogP contribution in [0.2, 0.25) is 0 Å². The monoisotopic (exact) mass is 997 g/mol. The summed E-state index contributed by atoms with van der Waals surface area (Å²) in [5, 5.41) is 0. The van der Waals surface area contributed by atoms with Gasteiger partial charge in [-0.3, -0.25) is 9.59 Å². The average molecular weight is 997 g/mol. The molecule has 0 unspecified atom stereocenters. The van der Waals surface area contributed by atoms with Gasteiger partial charge in [0.15, 0.2) is 11.6 Å². The number of ether oxygens (including phenoxy) is 4. The van der Waals surface area contributed by atoms with Gasteiger partial charge in [-0.2, -0.15) is 0 Å². The molecule has 0 bridgehead atoms. The van der Waals surface area contributed by atoms with Gasteiger partial charge in [-0.15, -0.1) is 0 Å². The maximum atomic E-state index is 13.0. The van der Waals surface area contributed by atoms with Gasteiger partial charge in [-0.1, -0.05) is 193 Å². The number of ketones is 2. The third-order valence-electron chi connectivity index (χ3n) is 13.1. The van der Waals surface area contributed by atoms with Gasteiger partial charge in [0, 0.05) is 23.3 Å². The first-order chi connectivity index (χ1) is 35.5. The molecular formula is C65H88O8. The highest BCUT2D eigenvalue weighted by Gasteiger charge is 2.15. The fraction of sp³-hybridized carbons (Fsp3) is 0.508. The van der Waals surface area contributed by atoms with E-state index in [0.29, 0.717) is 24.3 Å². The summed E-state index contributed by atoms with van der Waals surface area (Å²) in [6, 6.07) is 27.4. The van der Waals surface area contributed by atoms with E-state index in [4.69, 9.17) is 18.9 Å². The topological polar surface area (TPSA) is 105 Å². The minimum atomic E-state index is -0.558. The van der Waals surface area contributed by atoms with Crippen LogP contribution >= 0.6 is 0 Å². The minimum absolute atomic E-state index is 0.275. The van der Waals surface area contributed by atoms with Gasteiger partial charge < -0.3 is 18.9 Å². The quantitative estimate of drug-likeness (QED) is 0.0108. The van der Waals surface area contributed by atoms with Crippen molar-refractivity contribution in [1.82, 2.24) is 0 Å². The van der Waals surface area contributed by atoms with Crippen molar-refractivity contribution in [2.45, 2.75) is 188 Å². The zero-order chi connectivity index (χ0) is 52.1. The van der Waals surface area contributed by atoms with E-state index in [1.165, 1.54) is 202 Å². The largest absolute Gasteiger partial charge is 0.494 e. The molecule has 0 amide bonds. The molecule has 8 heteroatoms. The first-order valence-electron chi connectivity index (χ1n) is 28.1. The first kappa shape index (κ1) is 59.8. The van der Waals surface area contributed by atoms with Crippen LogP contribution < -0.4 is 18.9 Å². The van der Waals surface area contributed by atoms with Crippen LogP contribution in [0.3, 0.4) is 0 Å². The number of unbranched alkanes of at least 4 members (excludes halogenated alkanes) is 20. The summed E-state index contributed by atoms with van der Waals surface area (Å²) in [7, 11) is 0. The zero-order valence-electron chi connectivity index (χ0n) is 45.1. The maximum absolute atomic E-state index is 13.0. The molecule has 0 saturated carbocycles. The summed E-state index contributed by atoms with van der Waals surface area (Å²) in [4.78, 5) is 51.0. The molecule has 0 aliphatic rings. The highest BCUT2D eigenvalue weighted by molar-refractivity contribution is 6.13. The van der Waals surface area contributed by atoms with Crippen LogP contribution in [0, 0.1) is 11.8 Å². The van der Waals surface area contributed by atoms with Gasteiger partial charge in [0.05, 0.1) is 19.6 Å². The van der Waals surface area contributed by atoms with Gasteiger partial charge in [0.1, 0.15) is 23.0 Å². The molecule has 73 heavy (non-hydrogen) atoms. The Hall–Kier alpha value is -5.76. The predicted octanol–water partition coefficient (Wildman–Crippen LogP) is 17.8. The van der Waals surface area contributed by atoms with E-state index in [-0.39, 0.29) is 29.5 Å². The Morgan fingerprint density at radius 1 is 0.356 bits per heavy atom. The second-order valence-corrected chi connectivity index (χ2v) is 20.6. The van der Waals surface area contributed by atoms with Crippen molar-refractivity contribution in [2.24, 2.45) is 11.8 Å². The lowest BCUT2D eigenvalue weighted by molar-refractivity contribution is -0.129. The molecule has 4 aromatic carbocycles. The number of carbonyl (C=O) groups is 4. The molecule has 0 aromatic heterocycles. The number of hydrogen-bond acceptors (Lipinski definition) is 8. The lowest BCUT2D eigenvalue weighted by atomic mass is 10.0. The Morgan fingerprint density at radius 2 is 0.630 bits per heavy atom. The van der Waals surface area contributed by atoms with E-state index >= 15 is 0 Å². The van der Waals surface area contributed by atoms with Crippen molar-refractivity contribution < 1.29 is 38.1 Å². The van der Waals surface area contributed by atoms with Crippen molar-refractivity contribution in [3.05, 3.63) is 131 Å². The van der Waals surface area contributed by atoms with Gasteiger partial charge >= 0.3 is 11.9 Å². The van der Waals surface area contributed by atoms with Gasteiger partial charge in [0.2, 0.25) is 0 Å². The summed E-state index contributed by atoms with van der Waals surface area (Å²) in [5.41, 5.74) is 2.30. The summed E-state index contributed by atoms with van der Waals surface area (Å²) < 4.78 is 22.7. The molecular weight excluding hydrogens is 909 g/mol. The third-order valence-corrected chi connectivity index (χ3v) is 13.1. The summed E-state index contributed by atoms with van der Waals surface area (Å²) in [5.74, 6) is 1.95. The number of Topliss-reactive ketones (excluding diaryl/α,β-unsaturated/α-hetero) is 2. The molecule has 0 saturated heterocycles. The Balaban J connectivity index is 1.03. The Kier molecular flexibility index (Phi) is 30.3. The summed E-state index contributed by atoms with van der Waals surface area (Å²) in [6.45, 7) is 10.6. The molecule has 4 rings (SSSR count). The minimum Gasteiger partial charge on any atom is -0.494 e. The second-order valence-electron chi connectivity index (χ2n) is 20.6. The molecule has 0 aliphatic carbocycles. The van der Waals surface area contributed by atoms with Crippen LogP contribution in [-0.2, 0) is 9.59 Å². The Morgan fingerprint density at radius 3 is 0.932 bits per heavy atom. The van der Waals surface area contributed by atoms with Crippen LogP contribution in [0.15, 0.2) is 109 Å². The Bertz CT molecular complexity index is 2030. The number of hydrogen-bond donors (Lipinski definition) is 0. The third kappa shape index (κ3) is 28.3. The van der Waals surface area contributed by atoms with Crippen molar-refractivity contribution in [3.63, 3.8) is 0 Å². The SMILES string of the molecule is CC(C)CCCCCCCCCCCCCOc1ccc(/C=C/C(=O)Oc2ccc(C(=O)CC(=O)c3ccc(OC(=O)/C=C/c4ccc(OCCCCCCCCCCCCCC(C)C)cc4)cc3)cc2)cc1. The number of rotatable bonds is 40. The standard InChI is InChI=1S/C65H88O8/c1-52(2)27-23-19-15-11-7-5-9-13-17-21-25-49-70-58-39-29-54(30-40-58)33-47-64(68)72-60-43-35-56(36-44-60)62(66)51-63(67)57-37-45-61(46-38-57)73-65(69)48-34-55-31-41-59(42-32-55)71-50-26-22-18-14-10-6-8-12-16-20-24-28-53(3)4/h29-48,52-53H,5-28,49-51H2,1-4H3/b47-33+,48-34+. The van der Waals surface area contributed by atoms with Crippen molar-refractivity contribution in [2.75, 3.05) is 13.2 Å². The number of esters is 2. The molecule has 396 valence electrons. The predicted molar refractivity (Wildman–Crippen MR) is 300 cm³/mol. The molecule has 0 spiro atoms. The van der Waals surface area contributed by atoms with Crippen molar-refractivity contribution >= 4 is 35.7 Å². The Labute approximate surface area is 439 Å². The van der Waals surface area contributed by atoms with Crippen LogP contribution in [0.1, 0.15) is 220 Å². The van der Waals surface area contributed by atoms with Crippen LogP contribution in [0.4, 0.5) is 0 Å². The molecule has 8 nitrogen and oxygen atoms in total. The fourth-order valence-corrected chi connectivity index (χ4v) is 8.62. The molecule has 4 aromatic rings. The zero-order valence-corrected chi connectivity index (χ0v) is 45.1. The smallest absolute Gasteiger partial charge is 0.336 e. The lowest BCUT2D eigenvalue weighted by Gasteiger charge is -2.07. The number of carbonyl (C=O) groups excluding carboxylic acids is 4. The van der Waals surface area contributed by atoms with Gasteiger partial charge in [0.25, 0.3) is 0 Å². The van der Waals surface area contributed by atoms with Crippen molar-refractivity contribution in [3.8, 4) is 23.0 Å². The van der Waals surface area contributed by atoms with Crippen molar-refractivity contribution in [1.29, 1.82) is 0 Å². The highest BCUT2D eigenvalue weighted by Crippen LogP contribution is 2.21. The lowest BCUT2D eigenvalue weighted by Crippen LogP contribution is -2.09. The van der Waals surface area contributed by atoms with E-state index in [1.54, 1.807) is 12.2 Å². The second kappa shape index (κ2) is 37.0. The van der Waals surface area contributed by atoms with E-state index in [1.807, 2.05) is 48.5 Å². The molecule has 0 N–H and O–H groups in total. The average Bonchev–Trinajstić information content (AvgIpc) is 3.38.